The summed E-state index contributed by atoms with van der Waals surface area (Å²) in [5.41, 5.74) is 0.962. The number of halogens is 1. The van der Waals surface area contributed by atoms with Gasteiger partial charge in [-0.1, -0.05) is 26.0 Å². The fourth-order valence-electron chi connectivity index (χ4n) is 2.64. The molecule has 0 aliphatic heterocycles. The Morgan fingerprint density at radius 2 is 2.00 bits per heavy atom. The van der Waals surface area contributed by atoms with Crippen molar-refractivity contribution in [1.29, 1.82) is 0 Å². The number of carbonyl (C=O) groups excluding carboxylic acids is 1. The van der Waals surface area contributed by atoms with E-state index in [4.69, 9.17) is 0 Å². The van der Waals surface area contributed by atoms with Gasteiger partial charge in [-0.2, -0.15) is 5.10 Å². The molecule has 130 valence electrons. The van der Waals surface area contributed by atoms with Crippen LogP contribution in [0, 0.1) is 18.2 Å². The van der Waals surface area contributed by atoms with Crippen molar-refractivity contribution in [2.24, 2.45) is 5.41 Å². The van der Waals surface area contributed by atoms with Gasteiger partial charge in [-0.25, -0.2) is 9.07 Å². The Labute approximate surface area is 141 Å². The van der Waals surface area contributed by atoms with E-state index in [0.717, 1.165) is 12.8 Å². The molecule has 2 rings (SSSR count). The van der Waals surface area contributed by atoms with Gasteiger partial charge in [-0.15, -0.1) is 0 Å². The van der Waals surface area contributed by atoms with E-state index in [-0.39, 0.29) is 17.9 Å². The highest BCUT2D eigenvalue weighted by molar-refractivity contribution is 5.95. The number of benzene rings is 1. The number of aliphatic hydroxyl groups is 1. The number of nitrogens with one attached hydrogen (secondary N) is 1. The molecule has 1 heterocycles. The molecular weight excluding hydrogens is 309 g/mol. The topological polar surface area (TPSA) is 67.2 Å². The Balaban J connectivity index is 2.19. The van der Waals surface area contributed by atoms with Crippen LogP contribution in [-0.2, 0) is 0 Å². The Kier molecular flexibility index (Phi) is 5.72. The summed E-state index contributed by atoms with van der Waals surface area (Å²) in [7, 11) is 0. The molecule has 0 atom stereocenters. The second-order valence-electron chi connectivity index (χ2n) is 6.05. The first-order valence-electron chi connectivity index (χ1n) is 8.16. The second-order valence-corrected chi connectivity index (χ2v) is 6.05. The highest BCUT2D eigenvalue weighted by Gasteiger charge is 2.26. The largest absolute Gasteiger partial charge is 0.396 e. The molecule has 1 aromatic carbocycles. The van der Waals surface area contributed by atoms with Crippen molar-refractivity contribution in [2.45, 2.75) is 33.6 Å². The van der Waals surface area contributed by atoms with Crippen LogP contribution in [0.2, 0.25) is 0 Å². The van der Waals surface area contributed by atoms with E-state index in [2.05, 4.69) is 10.4 Å². The lowest BCUT2D eigenvalue weighted by Gasteiger charge is -2.29. The van der Waals surface area contributed by atoms with Crippen molar-refractivity contribution in [1.82, 2.24) is 15.1 Å². The quantitative estimate of drug-likeness (QED) is 0.819. The lowest BCUT2D eigenvalue weighted by molar-refractivity contribution is 0.0850. The molecule has 0 aliphatic carbocycles. The summed E-state index contributed by atoms with van der Waals surface area (Å²) in [6.07, 6.45) is 2.98. The smallest absolute Gasteiger partial charge is 0.254 e. The maximum Gasteiger partial charge on any atom is 0.254 e. The predicted octanol–water partition coefficient (Wildman–Crippen LogP) is 2.85. The van der Waals surface area contributed by atoms with Gasteiger partial charge in [-0.3, -0.25) is 4.79 Å². The summed E-state index contributed by atoms with van der Waals surface area (Å²) in [6.45, 7) is 6.13. The molecule has 0 radical (unpaired) electrons. The van der Waals surface area contributed by atoms with Crippen molar-refractivity contribution in [3.05, 3.63) is 47.5 Å². The number of hydrogen-bond donors (Lipinski definition) is 2. The van der Waals surface area contributed by atoms with E-state index >= 15 is 0 Å². The van der Waals surface area contributed by atoms with Crippen LogP contribution < -0.4 is 5.32 Å². The maximum atomic E-state index is 13.9. The van der Waals surface area contributed by atoms with Gasteiger partial charge in [0.15, 0.2) is 0 Å². The number of para-hydroxylation sites is 1. The predicted molar refractivity (Wildman–Crippen MR) is 90.7 cm³/mol. The van der Waals surface area contributed by atoms with Crippen molar-refractivity contribution in [3.63, 3.8) is 0 Å². The van der Waals surface area contributed by atoms with E-state index in [0.29, 0.717) is 23.5 Å². The molecule has 0 unspecified atom stereocenters. The van der Waals surface area contributed by atoms with Gasteiger partial charge >= 0.3 is 0 Å². The second kappa shape index (κ2) is 7.57. The fourth-order valence-corrected chi connectivity index (χ4v) is 2.64. The lowest BCUT2D eigenvalue weighted by atomic mass is 9.83. The molecule has 0 fully saturated rings. The van der Waals surface area contributed by atoms with Gasteiger partial charge in [0.05, 0.1) is 24.1 Å². The molecular formula is C18H24FN3O2. The van der Waals surface area contributed by atoms with Crippen LogP contribution in [0.3, 0.4) is 0 Å². The van der Waals surface area contributed by atoms with Gasteiger partial charge in [0, 0.05) is 12.0 Å². The van der Waals surface area contributed by atoms with Crippen molar-refractivity contribution in [2.75, 3.05) is 13.2 Å². The fraction of sp³-hybridized carbons (Fsp3) is 0.444. The van der Waals surface area contributed by atoms with Crippen molar-refractivity contribution in [3.8, 4) is 5.69 Å². The van der Waals surface area contributed by atoms with Crippen molar-refractivity contribution >= 4 is 5.91 Å². The van der Waals surface area contributed by atoms with E-state index in [1.54, 1.807) is 25.1 Å². The van der Waals surface area contributed by atoms with E-state index in [1.165, 1.54) is 16.9 Å². The first-order valence-corrected chi connectivity index (χ1v) is 8.16. The minimum Gasteiger partial charge on any atom is -0.396 e. The molecule has 0 saturated carbocycles. The summed E-state index contributed by atoms with van der Waals surface area (Å²) in [6, 6.07) is 6.29. The molecule has 1 amide bonds. The first-order chi connectivity index (χ1) is 11.5. The molecule has 6 heteroatoms. The lowest BCUT2D eigenvalue weighted by Crippen LogP contribution is -2.39. The summed E-state index contributed by atoms with van der Waals surface area (Å²) < 4.78 is 15.3. The van der Waals surface area contributed by atoms with E-state index in [9.17, 15) is 14.3 Å². The monoisotopic (exact) mass is 333 g/mol. The van der Waals surface area contributed by atoms with Gasteiger partial charge in [0.25, 0.3) is 5.91 Å². The minimum atomic E-state index is -0.396. The SMILES string of the molecule is CCC(CC)(CO)CNC(=O)c1cnn(-c2ccccc2F)c1C. The van der Waals surface area contributed by atoms with Crippen LogP contribution in [0.1, 0.15) is 42.7 Å². The highest BCUT2D eigenvalue weighted by atomic mass is 19.1. The number of amides is 1. The third-order valence-electron chi connectivity index (χ3n) is 4.79. The molecule has 0 bridgehead atoms. The molecule has 24 heavy (non-hydrogen) atoms. The minimum absolute atomic E-state index is 0.0216. The summed E-state index contributed by atoms with van der Waals surface area (Å²) >= 11 is 0. The number of rotatable bonds is 7. The molecule has 5 nitrogen and oxygen atoms in total. The Bertz CT molecular complexity index is 700. The maximum absolute atomic E-state index is 13.9. The number of carbonyl (C=O) groups is 1. The molecule has 0 aliphatic rings. The van der Waals surface area contributed by atoms with Crippen LogP contribution in [0.4, 0.5) is 4.39 Å². The number of hydrogen-bond acceptors (Lipinski definition) is 3. The van der Waals surface area contributed by atoms with Crippen LogP contribution in [0.5, 0.6) is 0 Å². The molecule has 1 aromatic heterocycles. The normalized spacial score (nSPS) is 11.5. The third-order valence-corrected chi connectivity index (χ3v) is 4.79. The zero-order valence-electron chi connectivity index (χ0n) is 14.3. The van der Waals surface area contributed by atoms with E-state index < -0.39 is 5.82 Å². The highest BCUT2D eigenvalue weighted by Crippen LogP contribution is 2.24. The third kappa shape index (κ3) is 3.48. The summed E-state index contributed by atoms with van der Waals surface area (Å²) in [5.74, 6) is -0.665. The van der Waals surface area contributed by atoms with Gasteiger partial charge in [0.1, 0.15) is 11.5 Å². The average molecular weight is 333 g/mol. The zero-order valence-corrected chi connectivity index (χ0v) is 14.3. The van der Waals surface area contributed by atoms with Crippen LogP contribution in [-0.4, -0.2) is 33.9 Å². The molecule has 2 N–H and O–H groups in total. The van der Waals surface area contributed by atoms with E-state index in [1.807, 2.05) is 13.8 Å². The van der Waals surface area contributed by atoms with Crippen LogP contribution in [0.25, 0.3) is 5.69 Å². The van der Waals surface area contributed by atoms with Crippen molar-refractivity contribution < 1.29 is 14.3 Å². The Hall–Kier alpha value is -2.21. The first kappa shape index (κ1) is 18.1. The van der Waals surface area contributed by atoms with Crippen LogP contribution >= 0.6 is 0 Å². The van der Waals surface area contributed by atoms with Crippen LogP contribution in [0.15, 0.2) is 30.5 Å². The van der Waals surface area contributed by atoms with Gasteiger partial charge in [-0.05, 0) is 31.9 Å². The Morgan fingerprint density at radius 3 is 2.58 bits per heavy atom. The molecule has 2 aromatic rings. The summed E-state index contributed by atoms with van der Waals surface area (Å²) in [4.78, 5) is 12.4. The zero-order chi connectivity index (χ0) is 17.7. The van der Waals surface area contributed by atoms with Gasteiger partial charge in [0.2, 0.25) is 0 Å². The number of nitrogens with zero attached hydrogens (tertiary/aromatic N) is 2. The molecule has 0 spiro atoms. The Morgan fingerprint density at radius 1 is 1.33 bits per heavy atom. The number of aromatic nitrogens is 2. The number of aliphatic hydroxyl groups excluding tert-OH is 1. The standard InChI is InChI=1S/C18H24FN3O2/c1-4-18(5-2,12-23)11-20-17(24)14-10-21-22(13(14)3)16-9-7-6-8-15(16)19/h6-10,23H,4-5,11-12H2,1-3H3,(H,20,24). The summed E-state index contributed by atoms with van der Waals surface area (Å²) in [5, 5.41) is 16.6. The molecule has 0 saturated heterocycles. The van der Waals surface area contributed by atoms with Gasteiger partial charge < -0.3 is 10.4 Å². The average Bonchev–Trinajstić information content (AvgIpc) is 2.98.